The highest BCUT2D eigenvalue weighted by Gasteiger charge is 2.07. The van der Waals surface area contributed by atoms with Crippen LogP contribution in [0.15, 0.2) is 41.0 Å². The first-order valence-corrected chi connectivity index (χ1v) is 8.03. The Labute approximate surface area is 147 Å². The number of rotatable bonds is 7. The van der Waals surface area contributed by atoms with E-state index in [1.54, 1.807) is 12.1 Å². The molecular weight excluding hydrogens is 320 g/mol. The molecule has 2 rings (SSSR count). The molecule has 7 heteroatoms. The van der Waals surface area contributed by atoms with Gasteiger partial charge in [0.25, 0.3) is 0 Å². The number of aryl methyl sites for hydroxylation is 1. The molecular formula is C18H24N4O3. The molecule has 1 heterocycles. The lowest BCUT2D eigenvalue weighted by atomic mass is 10.1. The van der Waals surface area contributed by atoms with E-state index in [0.717, 1.165) is 16.8 Å². The summed E-state index contributed by atoms with van der Waals surface area (Å²) < 4.78 is 5.10. The molecule has 0 atom stereocenters. The zero-order chi connectivity index (χ0) is 18.2. The van der Waals surface area contributed by atoms with Crippen molar-refractivity contribution in [3.05, 3.63) is 53.5 Å². The Bertz CT molecular complexity index is 711. The predicted octanol–water partition coefficient (Wildman–Crippen LogP) is 1.77. The van der Waals surface area contributed by atoms with E-state index in [9.17, 15) is 9.59 Å². The Hall–Kier alpha value is -2.96. The minimum atomic E-state index is -0.419. The van der Waals surface area contributed by atoms with Crippen molar-refractivity contribution in [2.75, 3.05) is 25.5 Å². The molecule has 0 aliphatic rings. The number of hydrogen-bond acceptors (Lipinski definition) is 4. The molecule has 0 saturated heterocycles. The average molecular weight is 344 g/mol. The maximum Gasteiger partial charge on any atom is 0.315 e. The van der Waals surface area contributed by atoms with Gasteiger partial charge in [-0.05, 0) is 36.2 Å². The van der Waals surface area contributed by atoms with E-state index in [-0.39, 0.29) is 19.0 Å². The highest BCUT2D eigenvalue weighted by molar-refractivity contribution is 5.83. The third-order valence-electron chi connectivity index (χ3n) is 3.65. The molecule has 0 fully saturated rings. The monoisotopic (exact) mass is 344 g/mol. The molecule has 3 N–H and O–H groups in total. The number of nitrogens with zero attached hydrogens (tertiary/aromatic N) is 1. The third-order valence-corrected chi connectivity index (χ3v) is 3.65. The Morgan fingerprint density at radius 2 is 1.88 bits per heavy atom. The van der Waals surface area contributed by atoms with Crippen LogP contribution in [0, 0.1) is 6.92 Å². The topological polar surface area (TPSA) is 86.6 Å². The van der Waals surface area contributed by atoms with Crippen LogP contribution in [0.4, 0.5) is 10.5 Å². The van der Waals surface area contributed by atoms with Crippen LogP contribution in [0.3, 0.4) is 0 Å². The van der Waals surface area contributed by atoms with Crippen LogP contribution in [0.25, 0.3) is 0 Å². The van der Waals surface area contributed by atoms with Gasteiger partial charge in [-0.25, -0.2) is 4.79 Å². The highest BCUT2D eigenvalue weighted by atomic mass is 16.3. The number of hydrogen-bond donors (Lipinski definition) is 3. The summed E-state index contributed by atoms with van der Waals surface area (Å²) in [5, 5.41) is 7.90. The summed E-state index contributed by atoms with van der Waals surface area (Å²) >= 11 is 0. The smallest absolute Gasteiger partial charge is 0.315 e. The Balaban J connectivity index is 1.70. The first-order chi connectivity index (χ1) is 12.0. The molecule has 0 spiro atoms. The summed E-state index contributed by atoms with van der Waals surface area (Å²) in [5.74, 6) is 0.402. The zero-order valence-corrected chi connectivity index (χ0v) is 14.8. The second kappa shape index (κ2) is 8.77. The van der Waals surface area contributed by atoms with E-state index in [1.807, 2.05) is 44.1 Å². The molecule has 0 unspecified atom stereocenters. The zero-order valence-electron chi connectivity index (χ0n) is 14.8. The van der Waals surface area contributed by atoms with Gasteiger partial charge in [0.2, 0.25) is 5.91 Å². The first-order valence-electron chi connectivity index (χ1n) is 8.03. The lowest BCUT2D eigenvalue weighted by molar-refractivity contribution is -0.120. The van der Waals surface area contributed by atoms with Gasteiger partial charge in [-0.3, -0.25) is 4.79 Å². The number of carbonyl (C=O) groups excluding carboxylic acids is 2. The molecule has 0 aliphatic heterocycles. The van der Waals surface area contributed by atoms with Gasteiger partial charge in [-0.15, -0.1) is 0 Å². The fourth-order valence-corrected chi connectivity index (χ4v) is 2.40. The number of benzene rings is 1. The van der Waals surface area contributed by atoms with Gasteiger partial charge in [0, 0.05) is 26.3 Å². The highest BCUT2D eigenvalue weighted by Crippen LogP contribution is 2.18. The van der Waals surface area contributed by atoms with Gasteiger partial charge in [0.05, 0.1) is 19.4 Å². The van der Waals surface area contributed by atoms with Gasteiger partial charge in [-0.1, -0.05) is 12.1 Å². The van der Waals surface area contributed by atoms with Crippen molar-refractivity contribution in [2.24, 2.45) is 0 Å². The standard InChI is InChI=1S/C18H24N4O3/c1-13-9-14(6-7-16(13)22(2)3)10-19-17(23)12-21-18(24)20-11-15-5-4-8-25-15/h4-9H,10-12H2,1-3H3,(H,19,23)(H2,20,21,24). The number of furan rings is 1. The van der Waals surface area contributed by atoms with Crippen molar-refractivity contribution in [2.45, 2.75) is 20.0 Å². The summed E-state index contributed by atoms with van der Waals surface area (Å²) in [4.78, 5) is 25.5. The second-order valence-corrected chi connectivity index (χ2v) is 5.91. The SMILES string of the molecule is Cc1cc(CNC(=O)CNC(=O)NCc2ccco2)ccc1N(C)C. The number of nitrogens with one attached hydrogen (secondary N) is 3. The Morgan fingerprint density at radius 3 is 2.52 bits per heavy atom. The van der Waals surface area contributed by atoms with Crippen LogP contribution in [0.2, 0.25) is 0 Å². The van der Waals surface area contributed by atoms with E-state index < -0.39 is 6.03 Å². The Morgan fingerprint density at radius 1 is 1.08 bits per heavy atom. The molecule has 1 aromatic carbocycles. The molecule has 7 nitrogen and oxygen atoms in total. The maximum atomic E-state index is 11.8. The van der Waals surface area contributed by atoms with E-state index in [1.165, 1.54) is 6.26 Å². The van der Waals surface area contributed by atoms with Crippen molar-refractivity contribution in [3.63, 3.8) is 0 Å². The van der Waals surface area contributed by atoms with Gasteiger partial charge in [-0.2, -0.15) is 0 Å². The fourth-order valence-electron chi connectivity index (χ4n) is 2.40. The predicted molar refractivity (Wildman–Crippen MR) is 96.3 cm³/mol. The lowest BCUT2D eigenvalue weighted by Gasteiger charge is -2.16. The molecule has 0 bridgehead atoms. The summed E-state index contributed by atoms with van der Waals surface area (Å²) in [6, 6.07) is 9.13. The normalized spacial score (nSPS) is 10.2. The largest absolute Gasteiger partial charge is 0.467 e. The van der Waals surface area contributed by atoms with E-state index in [0.29, 0.717) is 12.3 Å². The van der Waals surface area contributed by atoms with Gasteiger partial charge in [0.1, 0.15) is 5.76 Å². The van der Waals surface area contributed by atoms with E-state index in [2.05, 4.69) is 16.0 Å². The molecule has 0 aliphatic carbocycles. The average Bonchev–Trinajstić information content (AvgIpc) is 3.09. The molecule has 0 saturated carbocycles. The van der Waals surface area contributed by atoms with Gasteiger partial charge in [0.15, 0.2) is 0 Å². The third kappa shape index (κ3) is 5.87. The van der Waals surface area contributed by atoms with Crippen LogP contribution >= 0.6 is 0 Å². The molecule has 0 radical (unpaired) electrons. The second-order valence-electron chi connectivity index (χ2n) is 5.91. The maximum absolute atomic E-state index is 11.8. The van der Waals surface area contributed by atoms with E-state index >= 15 is 0 Å². The first kappa shape index (κ1) is 18.4. The van der Waals surface area contributed by atoms with E-state index in [4.69, 9.17) is 4.42 Å². The van der Waals surface area contributed by atoms with Crippen molar-refractivity contribution in [1.29, 1.82) is 0 Å². The number of amides is 3. The summed E-state index contributed by atoms with van der Waals surface area (Å²) in [5.41, 5.74) is 3.30. The van der Waals surface area contributed by atoms with Crippen molar-refractivity contribution in [3.8, 4) is 0 Å². The van der Waals surface area contributed by atoms with Crippen molar-refractivity contribution >= 4 is 17.6 Å². The van der Waals surface area contributed by atoms with Crippen molar-refractivity contribution < 1.29 is 14.0 Å². The molecule has 3 amide bonds. The molecule has 1 aromatic heterocycles. The van der Waals surface area contributed by atoms with Crippen LogP contribution in [-0.4, -0.2) is 32.6 Å². The number of anilines is 1. The number of carbonyl (C=O) groups is 2. The minimum absolute atomic E-state index is 0.0846. The molecule has 25 heavy (non-hydrogen) atoms. The molecule has 134 valence electrons. The lowest BCUT2D eigenvalue weighted by Crippen LogP contribution is -2.41. The van der Waals surface area contributed by atoms with Gasteiger partial charge >= 0.3 is 6.03 Å². The van der Waals surface area contributed by atoms with Crippen molar-refractivity contribution in [1.82, 2.24) is 16.0 Å². The quantitative estimate of drug-likeness (QED) is 0.714. The van der Waals surface area contributed by atoms with Crippen LogP contribution < -0.4 is 20.9 Å². The van der Waals surface area contributed by atoms with Crippen LogP contribution in [0.5, 0.6) is 0 Å². The van der Waals surface area contributed by atoms with Crippen LogP contribution in [-0.2, 0) is 17.9 Å². The Kier molecular flexibility index (Phi) is 6.45. The number of urea groups is 1. The fraction of sp³-hybridized carbons (Fsp3) is 0.333. The summed E-state index contributed by atoms with van der Waals surface area (Å²) in [6.07, 6.45) is 1.54. The molecule has 2 aromatic rings. The summed E-state index contributed by atoms with van der Waals surface area (Å²) in [6.45, 7) is 2.64. The minimum Gasteiger partial charge on any atom is -0.467 e. The van der Waals surface area contributed by atoms with Crippen LogP contribution in [0.1, 0.15) is 16.9 Å². The van der Waals surface area contributed by atoms with Gasteiger partial charge < -0.3 is 25.3 Å². The summed E-state index contributed by atoms with van der Waals surface area (Å²) in [7, 11) is 3.98.